The molecule has 6 fully saturated rings. The Hall–Kier alpha value is -0.380. The van der Waals surface area contributed by atoms with Gasteiger partial charge in [-0.2, -0.15) is 0 Å². The van der Waals surface area contributed by atoms with Crippen LogP contribution in [0.2, 0.25) is 0 Å². The Labute approximate surface area is 221 Å². The molecule has 10 unspecified atom stereocenters. The molecular weight excluding hydrogens is 444 g/mol. The molecule has 1 aliphatic heterocycles. The number of allylic oxidation sites excluding steroid dienone is 1. The van der Waals surface area contributed by atoms with E-state index >= 15 is 0 Å². The molecule has 3 heteroatoms. The lowest BCUT2D eigenvalue weighted by atomic mass is 9.32. The fraction of sp³-hybridized carbons (Fsp3) is 0.939. The van der Waals surface area contributed by atoms with Crippen molar-refractivity contribution < 1.29 is 14.6 Å². The summed E-state index contributed by atoms with van der Waals surface area (Å²) in [6.45, 7) is 21.4. The second-order valence-electron chi connectivity index (χ2n) is 15.7. The van der Waals surface area contributed by atoms with Crippen LogP contribution in [0.4, 0.5) is 0 Å². The molecule has 204 valence electrons. The first-order chi connectivity index (χ1) is 16.9. The first-order valence-electron chi connectivity index (χ1n) is 15.5. The Morgan fingerprint density at radius 1 is 0.778 bits per heavy atom. The van der Waals surface area contributed by atoms with Crippen LogP contribution >= 0.6 is 0 Å². The van der Waals surface area contributed by atoms with Gasteiger partial charge >= 0.3 is 0 Å². The molecule has 0 amide bonds. The molecule has 5 aliphatic carbocycles. The van der Waals surface area contributed by atoms with Crippen molar-refractivity contribution in [2.45, 2.75) is 125 Å². The standard InChI is InChI=1S/C33H54O3/c1-21(2)22-11-16-33(28-35-19-8-20-36-28)18-17-31(6)23(27(22)33)9-10-25-30(5)14-13-26(34)29(3,4)24(30)12-15-32(25,31)7/h22-28,34H,1,8-20H2,2-7H3. The summed E-state index contributed by atoms with van der Waals surface area (Å²) in [5.74, 6) is 3.38. The summed E-state index contributed by atoms with van der Waals surface area (Å²) >= 11 is 0. The monoisotopic (exact) mass is 498 g/mol. The quantitative estimate of drug-likeness (QED) is 0.395. The van der Waals surface area contributed by atoms with Gasteiger partial charge in [-0.05, 0) is 129 Å². The Balaban J connectivity index is 1.39. The molecule has 6 rings (SSSR count). The van der Waals surface area contributed by atoms with Crippen molar-refractivity contribution >= 4 is 0 Å². The van der Waals surface area contributed by atoms with Crippen LogP contribution in [0.5, 0.6) is 0 Å². The van der Waals surface area contributed by atoms with Gasteiger partial charge < -0.3 is 14.6 Å². The lowest BCUT2D eigenvalue weighted by Gasteiger charge is -2.73. The summed E-state index contributed by atoms with van der Waals surface area (Å²) in [4.78, 5) is 0. The zero-order valence-electron chi connectivity index (χ0n) is 24.2. The number of hydrogen-bond acceptors (Lipinski definition) is 3. The summed E-state index contributed by atoms with van der Waals surface area (Å²) in [6, 6.07) is 0. The average Bonchev–Trinajstić information content (AvgIpc) is 3.24. The molecule has 5 saturated carbocycles. The second-order valence-corrected chi connectivity index (χ2v) is 15.7. The number of aliphatic hydroxyl groups is 1. The molecule has 1 saturated heterocycles. The van der Waals surface area contributed by atoms with E-state index in [9.17, 15) is 5.11 Å². The van der Waals surface area contributed by atoms with Gasteiger partial charge in [0.15, 0.2) is 6.29 Å². The molecule has 0 bridgehead atoms. The van der Waals surface area contributed by atoms with Crippen LogP contribution in [0.25, 0.3) is 0 Å². The lowest BCUT2D eigenvalue weighted by Crippen LogP contribution is -2.67. The maximum atomic E-state index is 11.0. The highest BCUT2D eigenvalue weighted by molar-refractivity contribution is 5.22. The van der Waals surface area contributed by atoms with Gasteiger partial charge in [0, 0.05) is 5.41 Å². The van der Waals surface area contributed by atoms with Gasteiger partial charge in [0.05, 0.1) is 19.3 Å². The van der Waals surface area contributed by atoms with E-state index in [0.29, 0.717) is 34.0 Å². The summed E-state index contributed by atoms with van der Waals surface area (Å²) in [7, 11) is 0. The van der Waals surface area contributed by atoms with E-state index in [1.165, 1.54) is 63.4 Å². The average molecular weight is 499 g/mol. The Morgan fingerprint density at radius 2 is 1.50 bits per heavy atom. The first-order valence-corrected chi connectivity index (χ1v) is 15.5. The third-order valence-corrected chi connectivity index (χ3v) is 14.4. The predicted octanol–water partition coefficient (Wildman–Crippen LogP) is 7.77. The fourth-order valence-corrected chi connectivity index (χ4v) is 12.4. The van der Waals surface area contributed by atoms with Crippen LogP contribution in [0.1, 0.15) is 112 Å². The van der Waals surface area contributed by atoms with E-state index in [1.807, 2.05) is 0 Å². The smallest absolute Gasteiger partial charge is 0.163 e. The Kier molecular flexibility index (Phi) is 5.97. The number of ether oxygens (including phenoxy) is 2. The van der Waals surface area contributed by atoms with E-state index in [1.54, 1.807) is 0 Å². The van der Waals surface area contributed by atoms with Crippen LogP contribution < -0.4 is 0 Å². The summed E-state index contributed by atoms with van der Waals surface area (Å²) in [5, 5.41) is 11.0. The van der Waals surface area contributed by atoms with E-state index in [-0.39, 0.29) is 23.2 Å². The molecule has 0 aromatic carbocycles. The van der Waals surface area contributed by atoms with Crippen molar-refractivity contribution in [3.05, 3.63) is 12.2 Å². The van der Waals surface area contributed by atoms with Crippen molar-refractivity contribution in [3.8, 4) is 0 Å². The van der Waals surface area contributed by atoms with Crippen molar-refractivity contribution in [1.29, 1.82) is 0 Å². The van der Waals surface area contributed by atoms with Crippen LogP contribution in [-0.2, 0) is 9.47 Å². The zero-order valence-corrected chi connectivity index (χ0v) is 24.2. The van der Waals surface area contributed by atoms with E-state index in [2.05, 4.69) is 48.1 Å². The molecule has 1 N–H and O–H groups in total. The summed E-state index contributed by atoms with van der Waals surface area (Å²) < 4.78 is 12.9. The van der Waals surface area contributed by atoms with Crippen LogP contribution in [-0.4, -0.2) is 30.7 Å². The van der Waals surface area contributed by atoms with Crippen molar-refractivity contribution in [2.75, 3.05) is 13.2 Å². The second kappa shape index (κ2) is 8.31. The highest BCUT2D eigenvalue weighted by Gasteiger charge is 2.72. The molecule has 0 aromatic heterocycles. The maximum absolute atomic E-state index is 11.0. The molecule has 36 heavy (non-hydrogen) atoms. The molecule has 0 aromatic rings. The molecule has 0 spiro atoms. The minimum absolute atomic E-state index is 0.00966. The third kappa shape index (κ3) is 3.15. The first kappa shape index (κ1) is 25.9. The predicted molar refractivity (Wildman–Crippen MR) is 145 cm³/mol. The van der Waals surface area contributed by atoms with Gasteiger partial charge in [0.2, 0.25) is 0 Å². The largest absolute Gasteiger partial charge is 0.393 e. The summed E-state index contributed by atoms with van der Waals surface area (Å²) in [5.41, 5.74) is 2.66. The van der Waals surface area contributed by atoms with Crippen LogP contribution in [0, 0.1) is 56.7 Å². The molecule has 3 nitrogen and oxygen atoms in total. The minimum atomic E-state index is -0.146. The highest BCUT2D eigenvalue weighted by Crippen LogP contribution is 2.78. The van der Waals surface area contributed by atoms with Gasteiger partial charge in [-0.25, -0.2) is 0 Å². The Morgan fingerprint density at radius 3 is 2.19 bits per heavy atom. The van der Waals surface area contributed by atoms with E-state index < -0.39 is 0 Å². The van der Waals surface area contributed by atoms with Crippen LogP contribution in [0.3, 0.4) is 0 Å². The van der Waals surface area contributed by atoms with Gasteiger partial charge in [-0.3, -0.25) is 0 Å². The normalized spacial score (nSPS) is 54.6. The minimum Gasteiger partial charge on any atom is -0.393 e. The van der Waals surface area contributed by atoms with Gasteiger partial charge in [0.25, 0.3) is 0 Å². The Bertz CT molecular complexity index is 889. The maximum Gasteiger partial charge on any atom is 0.163 e. The van der Waals surface area contributed by atoms with Gasteiger partial charge in [-0.1, -0.05) is 46.8 Å². The SMILES string of the molecule is C=C(C)C1CCC2(C3OCCCO3)CCC3(C)C(CCC4C5(C)CCC(O)C(C)(C)C5CCC43C)C12. The topological polar surface area (TPSA) is 38.7 Å². The van der Waals surface area contributed by atoms with Gasteiger partial charge in [-0.15, -0.1) is 0 Å². The number of aliphatic hydroxyl groups excluding tert-OH is 1. The number of hydrogen-bond donors (Lipinski definition) is 1. The number of fused-ring (bicyclic) bond motifs is 7. The van der Waals surface area contributed by atoms with Crippen molar-refractivity contribution in [3.63, 3.8) is 0 Å². The molecule has 0 radical (unpaired) electrons. The summed E-state index contributed by atoms with van der Waals surface area (Å²) in [6.07, 6.45) is 13.5. The molecular formula is C33H54O3. The third-order valence-electron chi connectivity index (χ3n) is 14.4. The van der Waals surface area contributed by atoms with E-state index in [0.717, 1.165) is 37.9 Å². The van der Waals surface area contributed by atoms with E-state index in [4.69, 9.17) is 9.47 Å². The fourth-order valence-electron chi connectivity index (χ4n) is 12.4. The van der Waals surface area contributed by atoms with Crippen molar-refractivity contribution in [1.82, 2.24) is 0 Å². The molecule has 10 atom stereocenters. The van der Waals surface area contributed by atoms with Crippen LogP contribution in [0.15, 0.2) is 12.2 Å². The zero-order chi connectivity index (χ0) is 25.7. The lowest BCUT2D eigenvalue weighted by molar-refractivity contribution is -0.292. The highest BCUT2D eigenvalue weighted by atomic mass is 16.7. The molecule has 1 heterocycles. The van der Waals surface area contributed by atoms with Crippen molar-refractivity contribution in [2.24, 2.45) is 56.7 Å². The van der Waals surface area contributed by atoms with Gasteiger partial charge in [0.1, 0.15) is 0 Å². The number of rotatable bonds is 2. The molecule has 6 aliphatic rings.